The highest BCUT2D eigenvalue weighted by Gasteiger charge is 2.33. The summed E-state index contributed by atoms with van der Waals surface area (Å²) in [5.41, 5.74) is 0.957. The normalized spacial score (nSPS) is 22.0. The lowest BCUT2D eigenvalue weighted by Crippen LogP contribution is -2.34. The standard InChI is InChI=1S/C14H16N4O2S/c1-4-14(2)5-8-9(6-20-14)21-12-10(8)11(19)17(3)13-16-15-7-18(12)13/h7H,4-6H2,1-3H3/t14-/m0/s1. The smallest absolute Gasteiger partial charge is 0.263 e. The molecule has 0 bridgehead atoms. The van der Waals surface area contributed by atoms with Crippen LogP contribution in [0.15, 0.2) is 11.1 Å². The van der Waals surface area contributed by atoms with E-state index in [1.807, 2.05) is 4.40 Å². The average molecular weight is 304 g/mol. The molecule has 0 fully saturated rings. The second-order valence-electron chi connectivity index (χ2n) is 5.82. The molecule has 0 amide bonds. The molecule has 0 radical (unpaired) electrons. The summed E-state index contributed by atoms with van der Waals surface area (Å²) in [4.78, 5) is 14.8. The first-order chi connectivity index (χ1) is 10.0. The minimum Gasteiger partial charge on any atom is -0.369 e. The number of fused-ring (bicyclic) bond motifs is 5. The summed E-state index contributed by atoms with van der Waals surface area (Å²) in [5, 5.41) is 8.76. The van der Waals surface area contributed by atoms with E-state index >= 15 is 0 Å². The molecule has 7 heteroatoms. The van der Waals surface area contributed by atoms with Gasteiger partial charge in [-0.1, -0.05) is 6.92 Å². The van der Waals surface area contributed by atoms with Gasteiger partial charge in [-0.3, -0.25) is 13.8 Å². The summed E-state index contributed by atoms with van der Waals surface area (Å²) < 4.78 is 9.46. The number of aryl methyl sites for hydroxylation is 1. The Morgan fingerprint density at radius 1 is 1.52 bits per heavy atom. The van der Waals surface area contributed by atoms with Gasteiger partial charge in [-0.2, -0.15) is 0 Å². The summed E-state index contributed by atoms with van der Waals surface area (Å²) in [6.07, 6.45) is 3.37. The van der Waals surface area contributed by atoms with E-state index in [2.05, 4.69) is 24.0 Å². The van der Waals surface area contributed by atoms with Crippen molar-refractivity contribution in [3.8, 4) is 0 Å². The highest BCUT2D eigenvalue weighted by Crippen LogP contribution is 2.38. The van der Waals surface area contributed by atoms with Crippen LogP contribution in [0.5, 0.6) is 0 Å². The van der Waals surface area contributed by atoms with Gasteiger partial charge in [0.2, 0.25) is 5.78 Å². The number of rotatable bonds is 1. The van der Waals surface area contributed by atoms with E-state index in [4.69, 9.17) is 4.74 Å². The van der Waals surface area contributed by atoms with E-state index in [1.54, 1.807) is 29.3 Å². The Balaban J connectivity index is 2.12. The predicted octanol–water partition coefficient (Wildman–Crippen LogP) is 1.88. The zero-order valence-corrected chi connectivity index (χ0v) is 13.0. The van der Waals surface area contributed by atoms with E-state index in [0.29, 0.717) is 12.4 Å². The Morgan fingerprint density at radius 2 is 2.33 bits per heavy atom. The lowest BCUT2D eigenvalue weighted by atomic mass is 9.90. The molecule has 3 aromatic heterocycles. The molecule has 21 heavy (non-hydrogen) atoms. The minimum atomic E-state index is -0.186. The molecular formula is C14H16N4O2S. The fourth-order valence-electron chi connectivity index (χ4n) is 2.94. The van der Waals surface area contributed by atoms with Crippen LogP contribution in [0.3, 0.4) is 0 Å². The van der Waals surface area contributed by atoms with Crippen LogP contribution in [-0.4, -0.2) is 24.8 Å². The zero-order valence-electron chi connectivity index (χ0n) is 12.2. The van der Waals surface area contributed by atoms with E-state index < -0.39 is 0 Å². The van der Waals surface area contributed by atoms with Crippen molar-refractivity contribution < 1.29 is 4.74 Å². The summed E-state index contributed by atoms with van der Waals surface area (Å²) in [5.74, 6) is 0.574. The topological polar surface area (TPSA) is 61.4 Å². The van der Waals surface area contributed by atoms with Gasteiger partial charge in [0.05, 0.1) is 17.6 Å². The second kappa shape index (κ2) is 4.14. The molecule has 1 aliphatic heterocycles. The quantitative estimate of drug-likeness (QED) is 0.689. The highest BCUT2D eigenvalue weighted by molar-refractivity contribution is 7.18. The van der Waals surface area contributed by atoms with Crippen molar-refractivity contribution in [2.75, 3.05) is 0 Å². The van der Waals surface area contributed by atoms with Crippen LogP contribution < -0.4 is 5.56 Å². The highest BCUT2D eigenvalue weighted by atomic mass is 32.1. The van der Waals surface area contributed by atoms with Gasteiger partial charge in [0.1, 0.15) is 11.2 Å². The third-order valence-corrected chi connectivity index (χ3v) is 5.69. The van der Waals surface area contributed by atoms with Crippen LogP contribution in [0.4, 0.5) is 0 Å². The number of hydrogen-bond acceptors (Lipinski definition) is 5. The molecule has 0 N–H and O–H groups in total. The fourth-order valence-corrected chi connectivity index (χ4v) is 4.13. The molecule has 110 valence electrons. The van der Waals surface area contributed by atoms with Crippen molar-refractivity contribution in [2.24, 2.45) is 7.05 Å². The van der Waals surface area contributed by atoms with E-state index in [-0.39, 0.29) is 11.2 Å². The number of ether oxygens (including phenoxy) is 1. The summed E-state index contributed by atoms with van der Waals surface area (Å²) in [6, 6.07) is 0. The molecular weight excluding hydrogens is 288 g/mol. The monoisotopic (exact) mass is 304 g/mol. The Labute approximate surface area is 125 Å². The Morgan fingerprint density at radius 3 is 3.10 bits per heavy atom. The third-order valence-electron chi connectivity index (χ3n) is 4.49. The number of thiophene rings is 1. The molecule has 0 aliphatic carbocycles. The van der Waals surface area contributed by atoms with Crippen molar-refractivity contribution in [1.29, 1.82) is 0 Å². The molecule has 0 aromatic carbocycles. The van der Waals surface area contributed by atoms with E-state index in [1.165, 1.54) is 0 Å². The van der Waals surface area contributed by atoms with Crippen LogP contribution in [0.25, 0.3) is 16.0 Å². The van der Waals surface area contributed by atoms with Crippen LogP contribution >= 0.6 is 11.3 Å². The molecule has 0 spiro atoms. The van der Waals surface area contributed by atoms with Crippen LogP contribution in [-0.2, 0) is 24.8 Å². The maximum atomic E-state index is 12.7. The van der Waals surface area contributed by atoms with E-state index in [9.17, 15) is 4.79 Å². The lowest BCUT2D eigenvalue weighted by Gasteiger charge is -2.32. The van der Waals surface area contributed by atoms with Crippen LogP contribution in [0.2, 0.25) is 0 Å². The lowest BCUT2D eigenvalue weighted by molar-refractivity contribution is -0.0543. The van der Waals surface area contributed by atoms with E-state index in [0.717, 1.165) is 33.5 Å². The predicted molar refractivity (Wildman–Crippen MR) is 80.8 cm³/mol. The first-order valence-electron chi connectivity index (χ1n) is 7.01. The Hall–Kier alpha value is -1.73. The molecule has 1 atom stereocenters. The largest absolute Gasteiger partial charge is 0.369 e. The SMILES string of the molecule is CC[C@@]1(C)Cc2c(sc3c2c(=O)n(C)c2nncn32)CO1. The minimum absolute atomic E-state index is 0.00310. The zero-order chi connectivity index (χ0) is 14.8. The average Bonchev–Trinajstić information content (AvgIpc) is 3.08. The molecule has 6 nitrogen and oxygen atoms in total. The molecule has 4 heterocycles. The number of nitrogens with zero attached hydrogens (tertiary/aromatic N) is 4. The van der Waals surface area contributed by atoms with Gasteiger partial charge in [-0.05, 0) is 18.9 Å². The molecule has 3 aromatic rings. The third kappa shape index (κ3) is 1.64. The number of hydrogen-bond donors (Lipinski definition) is 0. The molecule has 0 saturated heterocycles. The van der Waals surface area contributed by atoms with Gasteiger partial charge in [-0.15, -0.1) is 21.5 Å². The Kier molecular flexibility index (Phi) is 2.56. The summed E-state index contributed by atoms with van der Waals surface area (Å²) in [6.45, 7) is 4.81. The summed E-state index contributed by atoms with van der Waals surface area (Å²) >= 11 is 1.61. The van der Waals surface area contributed by atoms with Gasteiger partial charge in [-0.25, -0.2) is 0 Å². The van der Waals surface area contributed by atoms with Gasteiger partial charge >= 0.3 is 0 Å². The first-order valence-corrected chi connectivity index (χ1v) is 7.82. The van der Waals surface area contributed by atoms with Crippen molar-refractivity contribution in [2.45, 2.75) is 38.9 Å². The maximum absolute atomic E-state index is 12.7. The van der Waals surface area contributed by atoms with Crippen LogP contribution in [0, 0.1) is 0 Å². The van der Waals surface area contributed by atoms with Gasteiger partial charge in [0.25, 0.3) is 5.56 Å². The number of aromatic nitrogens is 4. The van der Waals surface area contributed by atoms with Gasteiger partial charge in [0, 0.05) is 18.3 Å². The molecule has 0 unspecified atom stereocenters. The Bertz CT molecular complexity index is 922. The van der Waals surface area contributed by atoms with Gasteiger partial charge < -0.3 is 4.74 Å². The van der Waals surface area contributed by atoms with Crippen molar-refractivity contribution >= 4 is 27.3 Å². The van der Waals surface area contributed by atoms with Crippen molar-refractivity contribution in [3.05, 3.63) is 27.1 Å². The molecule has 0 saturated carbocycles. The summed E-state index contributed by atoms with van der Waals surface area (Å²) in [7, 11) is 1.74. The molecule has 4 rings (SSSR count). The fraction of sp³-hybridized carbons (Fsp3) is 0.500. The first kappa shape index (κ1) is 13.0. The van der Waals surface area contributed by atoms with Crippen molar-refractivity contribution in [1.82, 2.24) is 19.2 Å². The maximum Gasteiger partial charge on any atom is 0.263 e. The van der Waals surface area contributed by atoms with Crippen molar-refractivity contribution in [3.63, 3.8) is 0 Å². The van der Waals surface area contributed by atoms with Crippen LogP contribution in [0.1, 0.15) is 30.7 Å². The van der Waals surface area contributed by atoms with Gasteiger partial charge in [0.15, 0.2) is 0 Å². The molecule has 1 aliphatic rings. The second-order valence-corrected chi connectivity index (χ2v) is 6.90.